The normalized spacial score (nSPS) is 20.1. The highest BCUT2D eigenvalue weighted by atomic mass is 16.3. The maximum atomic E-state index is 12.8. The smallest absolute Gasteiger partial charge is 0.254 e. The van der Waals surface area contributed by atoms with Crippen LogP contribution in [0.1, 0.15) is 58.9 Å². The number of nitrogens with zero attached hydrogens (tertiary/aromatic N) is 1. The van der Waals surface area contributed by atoms with Gasteiger partial charge in [0.25, 0.3) is 5.91 Å². The summed E-state index contributed by atoms with van der Waals surface area (Å²) in [5.74, 6) is 0.488. The van der Waals surface area contributed by atoms with Gasteiger partial charge in [0.2, 0.25) is 0 Å². The minimum absolute atomic E-state index is 0.0380. The molecule has 1 aromatic carbocycles. The number of carbonyl (C=O) groups is 2. The first-order valence-electron chi connectivity index (χ1n) is 8.24. The molecule has 22 heavy (non-hydrogen) atoms. The topological polar surface area (TPSA) is 57.6 Å². The number of aliphatic hydroxyl groups excluding tert-OH is 1. The number of fused-ring (bicyclic) bond motifs is 1. The summed E-state index contributed by atoms with van der Waals surface area (Å²) in [5, 5.41) is 9.94. The number of hydrogen-bond donors (Lipinski definition) is 1. The highest BCUT2D eigenvalue weighted by Gasteiger charge is 2.30. The molecule has 2 aliphatic rings. The zero-order chi connectivity index (χ0) is 15.7. The number of likely N-dealkylation sites (tertiary alicyclic amines) is 1. The van der Waals surface area contributed by atoms with Crippen LogP contribution < -0.4 is 0 Å². The molecule has 1 heterocycles. The second-order valence-electron chi connectivity index (χ2n) is 6.36. The maximum Gasteiger partial charge on any atom is 0.254 e. The van der Waals surface area contributed by atoms with E-state index >= 15 is 0 Å². The summed E-state index contributed by atoms with van der Waals surface area (Å²) in [5.41, 5.74) is 2.34. The molecular weight excluding hydrogens is 278 g/mol. The zero-order valence-electron chi connectivity index (χ0n) is 13.0. The van der Waals surface area contributed by atoms with Gasteiger partial charge in [0.15, 0.2) is 5.78 Å². The fourth-order valence-electron chi connectivity index (χ4n) is 3.68. The van der Waals surface area contributed by atoms with Gasteiger partial charge in [0.05, 0.1) is 6.10 Å². The third-order valence-electron chi connectivity index (χ3n) is 5.10. The first-order chi connectivity index (χ1) is 10.6. The molecule has 1 N–H and O–H groups in total. The molecule has 1 aromatic rings. The van der Waals surface area contributed by atoms with E-state index in [0.29, 0.717) is 37.4 Å². The SMILES string of the molecule is CC[C@H](O)C1CCN(C(=O)c2cccc3c2CCC3=O)CC1. The number of aliphatic hydroxyl groups is 1. The quantitative estimate of drug-likeness (QED) is 0.933. The van der Waals surface area contributed by atoms with E-state index in [1.165, 1.54) is 0 Å². The van der Waals surface area contributed by atoms with Crippen molar-refractivity contribution < 1.29 is 14.7 Å². The van der Waals surface area contributed by atoms with Crippen molar-refractivity contribution in [2.24, 2.45) is 5.92 Å². The number of hydrogen-bond acceptors (Lipinski definition) is 3. The van der Waals surface area contributed by atoms with Crippen molar-refractivity contribution in [3.63, 3.8) is 0 Å². The van der Waals surface area contributed by atoms with E-state index in [-0.39, 0.29) is 17.8 Å². The number of rotatable bonds is 3. The van der Waals surface area contributed by atoms with Gasteiger partial charge in [-0.1, -0.05) is 19.1 Å². The molecule has 1 aliphatic carbocycles. The average molecular weight is 301 g/mol. The second kappa shape index (κ2) is 6.21. The van der Waals surface area contributed by atoms with Gasteiger partial charge >= 0.3 is 0 Å². The monoisotopic (exact) mass is 301 g/mol. The standard InChI is InChI=1S/C18H23NO3/c1-2-16(20)12-8-10-19(11-9-12)18(22)15-5-3-4-14-13(15)6-7-17(14)21/h3-5,12,16,20H,2,6-11H2,1H3/t16-/m0/s1. The number of benzene rings is 1. The molecule has 4 heteroatoms. The summed E-state index contributed by atoms with van der Waals surface area (Å²) >= 11 is 0. The van der Waals surface area contributed by atoms with Gasteiger partial charge in [-0.3, -0.25) is 9.59 Å². The Kier molecular flexibility index (Phi) is 4.30. The predicted octanol–water partition coefficient (Wildman–Crippen LogP) is 2.44. The van der Waals surface area contributed by atoms with E-state index < -0.39 is 0 Å². The molecule has 1 aliphatic heterocycles. The number of ketones is 1. The Labute approximate surface area is 131 Å². The number of amides is 1. The molecule has 0 bridgehead atoms. The summed E-state index contributed by atoms with van der Waals surface area (Å²) in [6, 6.07) is 5.47. The van der Waals surface area contributed by atoms with Crippen molar-refractivity contribution in [3.05, 3.63) is 34.9 Å². The van der Waals surface area contributed by atoms with E-state index in [2.05, 4.69) is 0 Å². The Morgan fingerprint density at radius 3 is 2.73 bits per heavy atom. The molecule has 118 valence electrons. The Morgan fingerprint density at radius 1 is 1.32 bits per heavy atom. The molecule has 0 aromatic heterocycles. The molecule has 3 rings (SSSR count). The van der Waals surface area contributed by atoms with Crippen LogP contribution in [-0.2, 0) is 6.42 Å². The van der Waals surface area contributed by atoms with Gasteiger partial charge in [-0.25, -0.2) is 0 Å². The summed E-state index contributed by atoms with van der Waals surface area (Å²) in [6.45, 7) is 3.38. The highest BCUT2D eigenvalue weighted by Crippen LogP contribution is 2.28. The molecule has 4 nitrogen and oxygen atoms in total. The van der Waals surface area contributed by atoms with Gasteiger partial charge in [-0.2, -0.15) is 0 Å². The van der Waals surface area contributed by atoms with E-state index in [4.69, 9.17) is 0 Å². The average Bonchev–Trinajstić information content (AvgIpc) is 2.95. The van der Waals surface area contributed by atoms with Crippen molar-refractivity contribution >= 4 is 11.7 Å². The third-order valence-corrected chi connectivity index (χ3v) is 5.10. The first kappa shape index (κ1) is 15.2. The van der Waals surface area contributed by atoms with E-state index in [1.54, 1.807) is 0 Å². The highest BCUT2D eigenvalue weighted by molar-refractivity contribution is 6.05. The largest absolute Gasteiger partial charge is 0.393 e. The van der Waals surface area contributed by atoms with Crippen molar-refractivity contribution in [1.29, 1.82) is 0 Å². The molecule has 1 amide bonds. The van der Waals surface area contributed by atoms with Gasteiger partial charge in [0, 0.05) is 30.6 Å². The molecule has 1 atom stereocenters. The van der Waals surface area contributed by atoms with E-state index in [0.717, 1.165) is 30.4 Å². The van der Waals surface area contributed by atoms with Crippen LogP contribution in [-0.4, -0.2) is 40.9 Å². The maximum absolute atomic E-state index is 12.8. The summed E-state index contributed by atoms with van der Waals surface area (Å²) in [4.78, 5) is 26.5. The van der Waals surface area contributed by atoms with Crippen LogP contribution in [0.2, 0.25) is 0 Å². The fraction of sp³-hybridized carbons (Fsp3) is 0.556. The first-order valence-corrected chi connectivity index (χ1v) is 8.24. The molecule has 0 spiro atoms. The Morgan fingerprint density at radius 2 is 2.05 bits per heavy atom. The van der Waals surface area contributed by atoms with Crippen molar-refractivity contribution in [2.75, 3.05) is 13.1 Å². The van der Waals surface area contributed by atoms with E-state index in [1.807, 2.05) is 30.0 Å². The van der Waals surface area contributed by atoms with Crippen molar-refractivity contribution in [1.82, 2.24) is 4.90 Å². The third kappa shape index (κ3) is 2.68. The van der Waals surface area contributed by atoms with Crippen LogP contribution >= 0.6 is 0 Å². The number of Topliss-reactive ketones (excluding diaryl/α,β-unsaturated/α-hetero) is 1. The number of carbonyl (C=O) groups excluding carboxylic acids is 2. The predicted molar refractivity (Wildman–Crippen MR) is 84.0 cm³/mol. The minimum Gasteiger partial charge on any atom is -0.393 e. The van der Waals surface area contributed by atoms with Gasteiger partial charge in [0.1, 0.15) is 0 Å². The summed E-state index contributed by atoms with van der Waals surface area (Å²) in [6.07, 6.45) is 3.43. The fourth-order valence-corrected chi connectivity index (χ4v) is 3.68. The summed E-state index contributed by atoms with van der Waals surface area (Å²) < 4.78 is 0. The molecule has 1 saturated heterocycles. The molecule has 0 radical (unpaired) electrons. The minimum atomic E-state index is -0.254. The van der Waals surface area contributed by atoms with Crippen LogP contribution in [0.3, 0.4) is 0 Å². The Balaban J connectivity index is 1.73. The summed E-state index contributed by atoms with van der Waals surface area (Å²) in [7, 11) is 0. The Hall–Kier alpha value is -1.68. The van der Waals surface area contributed by atoms with Gasteiger partial charge < -0.3 is 10.0 Å². The molecule has 1 fully saturated rings. The van der Waals surface area contributed by atoms with Gasteiger partial charge in [-0.05, 0) is 43.2 Å². The lowest BCUT2D eigenvalue weighted by Crippen LogP contribution is -2.41. The molecule has 0 unspecified atom stereocenters. The second-order valence-corrected chi connectivity index (χ2v) is 6.36. The van der Waals surface area contributed by atoms with Crippen LogP contribution in [0, 0.1) is 5.92 Å². The lowest BCUT2D eigenvalue weighted by Gasteiger charge is -2.34. The van der Waals surface area contributed by atoms with Crippen LogP contribution in [0.25, 0.3) is 0 Å². The van der Waals surface area contributed by atoms with Crippen molar-refractivity contribution in [3.8, 4) is 0 Å². The van der Waals surface area contributed by atoms with Crippen LogP contribution in [0.4, 0.5) is 0 Å². The van der Waals surface area contributed by atoms with Crippen LogP contribution in [0.15, 0.2) is 18.2 Å². The molecule has 0 saturated carbocycles. The molecular formula is C18H23NO3. The number of piperidine rings is 1. The lowest BCUT2D eigenvalue weighted by atomic mass is 9.89. The Bertz CT molecular complexity index is 588. The van der Waals surface area contributed by atoms with E-state index in [9.17, 15) is 14.7 Å². The van der Waals surface area contributed by atoms with Gasteiger partial charge in [-0.15, -0.1) is 0 Å². The van der Waals surface area contributed by atoms with Crippen molar-refractivity contribution in [2.45, 2.75) is 45.1 Å². The zero-order valence-corrected chi connectivity index (χ0v) is 13.0. The lowest BCUT2D eigenvalue weighted by molar-refractivity contribution is 0.0453. The van der Waals surface area contributed by atoms with Crippen LogP contribution in [0.5, 0.6) is 0 Å².